The fraction of sp³-hybridized carbons (Fsp3) is 0.462. The Kier molecular flexibility index (Phi) is 4.97. The first-order chi connectivity index (χ1) is 8.53. The van der Waals surface area contributed by atoms with E-state index < -0.39 is 0 Å². The van der Waals surface area contributed by atoms with Gasteiger partial charge in [-0.2, -0.15) is 0 Å². The number of ketones is 1. The number of Topliss-reactive ketones (excluding diaryl/α,β-unsaturated/α-hetero) is 1. The second kappa shape index (κ2) is 6.26. The van der Waals surface area contributed by atoms with E-state index in [4.69, 9.17) is 14.2 Å². The van der Waals surface area contributed by atoms with Crippen LogP contribution in [-0.2, 0) is 0 Å². The van der Waals surface area contributed by atoms with Gasteiger partial charge in [-0.3, -0.25) is 4.79 Å². The summed E-state index contributed by atoms with van der Waals surface area (Å²) < 4.78 is 15.6. The van der Waals surface area contributed by atoms with E-state index in [-0.39, 0.29) is 5.78 Å². The summed E-state index contributed by atoms with van der Waals surface area (Å²) in [6.07, 6.45) is 0. The lowest BCUT2D eigenvalue weighted by Gasteiger charge is -2.14. The fourth-order valence-electron chi connectivity index (χ4n) is 1.62. The molecule has 1 aromatic carbocycles. The number of ether oxygens (including phenoxy) is 3. The number of nitrogens with zero attached hydrogens (tertiary/aromatic N) is 1. The lowest BCUT2D eigenvalue weighted by Crippen LogP contribution is -2.21. The first-order valence-corrected chi connectivity index (χ1v) is 5.51. The van der Waals surface area contributed by atoms with Crippen LogP contribution in [0.4, 0.5) is 0 Å². The van der Waals surface area contributed by atoms with E-state index in [1.807, 2.05) is 19.0 Å². The van der Waals surface area contributed by atoms with Crippen LogP contribution in [0.1, 0.15) is 10.4 Å². The summed E-state index contributed by atoms with van der Waals surface area (Å²) in [5.41, 5.74) is 0.540. The van der Waals surface area contributed by atoms with Crippen LogP contribution in [0.5, 0.6) is 17.2 Å². The molecule has 100 valence electrons. The molecule has 0 fully saturated rings. The van der Waals surface area contributed by atoms with Crippen LogP contribution in [0.2, 0.25) is 0 Å². The van der Waals surface area contributed by atoms with Gasteiger partial charge in [0.1, 0.15) is 0 Å². The van der Waals surface area contributed by atoms with Gasteiger partial charge in [-0.05, 0) is 26.2 Å². The molecule has 0 N–H and O–H groups in total. The second-order valence-electron chi connectivity index (χ2n) is 4.07. The average molecular weight is 253 g/mol. The van der Waals surface area contributed by atoms with Crippen LogP contribution in [0.3, 0.4) is 0 Å². The number of hydrogen-bond acceptors (Lipinski definition) is 5. The van der Waals surface area contributed by atoms with Gasteiger partial charge in [0.15, 0.2) is 17.3 Å². The number of carbonyl (C=O) groups is 1. The largest absolute Gasteiger partial charge is 0.493 e. The van der Waals surface area contributed by atoms with Gasteiger partial charge in [0.05, 0.1) is 27.9 Å². The summed E-state index contributed by atoms with van der Waals surface area (Å²) in [5.74, 6) is 1.46. The minimum Gasteiger partial charge on any atom is -0.493 e. The number of hydrogen-bond donors (Lipinski definition) is 0. The lowest BCUT2D eigenvalue weighted by atomic mass is 10.1. The van der Waals surface area contributed by atoms with Gasteiger partial charge in [0, 0.05) is 5.56 Å². The second-order valence-corrected chi connectivity index (χ2v) is 4.07. The Labute approximate surface area is 107 Å². The molecule has 5 heteroatoms. The van der Waals surface area contributed by atoms with Crippen LogP contribution in [-0.4, -0.2) is 52.7 Å². The Hall–Kier alpha value is -1.75. The van der Waals surface area contributed by atoms with Crippen LogP contribution < -0.4 is 14.2 Å². The molecular formula is C13H19NO4. The summed E-state index contributed by atoms with van der Waals surface area (Å²) >= 11 is 0. The highest BCUT2D eigenvalue weighted by Crippen LogP contribution is 2.38. The van der Waals surface area contributed by atoms with Crippen LogP contribution in [0.15, 0.2) is 12.1 Å². The third-order valence-corrected chi connectivity index (χ3v) is 2.45. The molecule has 0 saturated heterocycles. The molecule has 0 radical (unpaired) electrons. The highest BCUT2D eigenvalue weighted by Gasteiger charge is 2.17. The van der Waals surface area contributed by atoms with E-state index >= 15 is 0 Å². The van der Waals surface area contributed by atoms with Crippen molar-refractivity contribution in [1.29, 1.82) is 0 Å². The van der Waals surface area contributed by atoms with Gasteiger partial charge >= 0.3 is 0 Å². The smallest absolute Gasteiger partial charge is 0.203 e. The number of likely N-dealkylation sites (N-methyl/N-ethyl adjacent to an activating group) is 1. The molecule has 0 bridgehead atoms. The number of benzene rings is 1. The van der Waals surface area contributed by atoms with Gasteiger partial charge in [0.2, 0.25) is 5.75 Å². The Morgan fingerprint density at radius 1 is 1.06 bits per heavy atom. The maximum Gasteiger partial charge on any atom is 0.203 e. The molecule has 0 saturated carbocycles. The maximum atomic E-state index is 12.0. The molecule has 18 heavy (non-hydrogen) atoms. The summed E-state index contributed by atoms with van der Waals surface area (Å²) in [7, 11) is 8.27. The lowest BCUT2D eigenvalue weighted by molar-refractivity contribution is 0.0957. The van der Waals surface area contributed by atoms with Crippen molar-refractivity contribution in [3.05, 3.63) is 17.7 Å². The molecule has 0 aromatic heterocycles. The molecule has 5 nitrogen and oxygen atoms in total. The zero-order valence-corrected chi connectivity index (χ0v) is 11.4. The van der Waals surface area contributed by atoms with Crippen LogP contribution >= 0.6 is 0 Å². The van der Waals surface area contributed by atoms with E-state index in [0.717, 1.165) is 0 Å². The third kappa shape index (κ3) is 3.13. The standard InChI is InChI=1S/C13H19NO4/c1-14(2)8-10(15)9-6-11(16-3)13(18-5)12(7-9)17-4/h6-7H,8H2,1-5H3. The van der Waals surface area contributed by atoms with Crippen molar-refractivity contribution in [2.24, 2.45) is 0 Å². The molecule has 0 aliphatic carbocycles. The van der Waals surface area contributed by atoms with Gasteiger partial charge < -0.3 is 19.1 Å². The summed E-state index contributed by atoms with van der Waals surface area (Å²) in [6.45, 7) is 0.332. The molecule has 0 atom stereocenters. The molecule has 0 spiro atoms. The highest BCUT2D eigenvalue weighted by molar-refractivity contribution is 5.98. The molecule has 1 rings (SSSR count). The third-order valence-electron chi connectivity index (χ3n) is 2.45. The van der Waals surface area contributed by atoms with Crippen molar-refractivity contribution in [2.45, 2.75) is 0 Å². The molecule has 0 amide bonds. The number of methoxy groups -OCH3 is 3. The van der Waals surface area contributed by atoms with Crippen LogP contribution in [0.25, 0.3) is 0 Å². The molecule has 0 heterocycles. The highest BCUT2D eigenvalue weighted by atomic mass is 16.5. The molecule has 0 aliphatic rings. The van der Waals surface area contributed by atoms with Crippen molar-refractivity contribution >= 4 is 5.78 Å². The van der Waals surface area contributed by atoms with E-state index in [0.29, 0.717) is 29.4 Å². The molecular weight excluding hydrogens is 234 g/mol. The van der Waals surface area contributed by atoms with Crippen molar-refractivity contribution in [1.82, 2.24) is 4.90 Å². The number of carbonyl (C=O) groups excluding carboxylic acids is 1. The zero-order valence-electron chi connectivity index (χ0n) is 11.4. The Bertz CT molecular complexity index is 404. The molecule has 0 unspecified atom stereocenters. The van der Waals surface area contributed by atoms with E-state index in [1.165, 1.54) is 21.3 Å². The number of rotatable bonds is 6. The quantitative estimate of drug-likeness (QED) is 0.718. The molecule has 0 aliphatic heterocycles. The van der Waals surface area contributed by atoms with Crippen molar-refractivity contribution in [2.75, 3.05) is 42.0 Å². The Morgan fingerprint density at radius 2 is 1.56 bits per heavy atom. The summed E-state index contributed by atoms with van der Waals surface area (Å²) in [6, 6.07) is 3.32. The normalized spacial score (nSPS) is 10.3. The van der Waals surface area contributed by atoms with E-state index in [2.05, 4.69) is 0 Å². The maximum absolute atomic E-state index is 12.0. The van der Waals surface area contributed by atoms with Gasteiger partial charge in [0.25, 0.3) is 0 Å². The van der Waals surface area contributed by atoms with Gasteiger partial charge in [-0.25, -0.2) is 0 Å². The SMILES string of the molecule is COc1cc(C(=O)CN(C)C)cc(OC)c1OC. The molecule has 1 aromatic rings. The van der Waals surface area contributed by atoms with Crippen molar-refractivity contribution < 1.29 is 19.0 Å². The first-order valence-electron chi connectivity index (χ1n) is 5.51. The monoisotopic (exact) mass is 253 g/mol. The van der Waals surface area contributed by atoms with Crippen LogP contribution in [0, 0.1) is 0 Å². The minimum absolute atomic E-state index is 0.000692. The van der Waals surface area contributed by atoms with Gasteiger partial charge in [-0.1, -0.05) is 0 Å². The summed E-state index contributed by atoms with van der Waals surface area (Å²) in [5, 5.41) is 0. The zero-order chi connectivity index (χ0) is 13.7. The predicted molar refractivity (Wildman–Crippen MR) is 69.0 cm³/mol. The van der Waals surface area contributed by atoms with Gasteiger partial charge in [-0.15, -0.1) is 0 Å². The first kappa shape index (κ1) is 14.3. The fourth-order valence-corrected chi connectivity index (χ4v) is 1.62. The average Bonchev–Trinajstić information content (AvgIpc) is 2.35. The van der Waals surface area contributed by atoms with Crippen molar-refractivity contribution in [3.8, 4) is 17.2 Å². The van der Waals surface area contributed by atoms with Crippen molar-refractivity contribution in [3.63, 3.8) is 0 Å². The van der Waals surface area contributed by atoms with E-state index in [9.17, 15) is 4.79 Å². The Morgan fingerprint density at radius 3 is 1.89 bits per heavy atom. The van der Waals surface area contributed by atoms with E-state index in [1.54, 1.807) is 12.1 Å². The predicted octanol–water partition coefficient (Wildman–Crippen LogP) is 1.46. The topological polar surface area (TPSA) is 48.0 Å². The minimum atomic E-state index is -0.000692. The summed E-state index contributed by atoms with van der Waals surface area (Å²) in [4.78, 5) is 13.8. The Balaban J connectivity index is 3.18.